The van der Waals surface area contributed by atoms with Crippen molar-refractivity contribution in [3.05, 3.63) is 46.2 Å². The van der Waals surface area contributed by atoms with Crippen LogP contribution in [0.25, 0.3) is 0 Å². The minimum Gasteiger partial charge on any atom is -0.481 e. The van der Waals surface area contributed by atoms with E-state index < -0.39 is 17.7 Å². The van der Waals surface area contributed by atoms with Gasteiger partial charge >= 0.3 is 5.97 Å². The molecular formula is C17H19FN4O4S. The number of aromatic nitrogens is 2. The van der Waals surface area contributed by atoms with Gasteiger partial charge in [0.05, 0.1) is 12.1 Å². The Morgan fingerprint density at radius 1 is 1.15 bits per heavy atom. The van der Waals surface area contributed by atoms with Crippen LogP contribution in [0.4, 0.5) is 4.39 Å². The fourth-order valence-electron chi connectivity index (χ4n) is 2.45. The maximum Gasteiger partial charge on any atom is 0.303 e. The highest BCUT2D eigenvalue weighted by atomic mass is 32.1. The number of carboxylic acids is 1. The van der Waals surface area contributed by atoms with Crippen LogP contribution in [0.1, 0.15) is 39.7 Å². The maximum atomic E-state index is 13.0. The van der Waals surface area contributed by atoms with Crippen LogP contribution in [0.3, 0.4) is 0 Å². The summed E-state index contributed by atoms with van der Waals surface area (Å²) in [5.74, 6) is -2.71. The molecule has 10 heteroatoms. The van der Waals surface area contributed by atoms with Crippen molar-refractivity contribution in [2.75, 3.05) is 13.1 Å². The van der Waals surface area contributed by atoms with Crippen molar-refractivity contribution in [1.82, 2.24) is 20.2 Å². The number of amides is 2. The van der Waals surface area contributed by atoms with Gasteiger partial charge < -0.3 is 15.7 Å². The number of hydrogen-bond donors (Lipinski definition) is 3. The molecule has 3 N–H and O–H groups in total. The number of carboxylic acid groups (broad SMARTS) is 1. The van der Waals surface area contributed by atoms with Gasteiger partial charge in [-0.05, 0) is 36.2 Å². The number of carbonyl (C=O) groups is 3. The smallest absolute Gasteiger partial charge is 0.303 e. The van der Waals surface area contributed by atoms with Crippen LogP contribution in [0, 0.1) is 12.7 Å². The van der Waals surface area contributed by atoms with E-state index in [2.05, 4.69) is 20.2 Å². The van der Waals surface area contributed by atoms with Gasteiger partial charge in [0.2, 0.25) is 5.91 Å². The Bertz CT molecular complexity index is 810. The highest BCUT2D eigenvalue weighted by Crippen LogP contribution is 2.23. The Hall–Kier alpha value is -2.88. The number of halogens is 1. The summed E-state index contributed by atoms with van der Waals surface area (Å²) in [6.45, 7) is 2.08. The third kappa shape index (κ3) is 6.41. The molecule has 0 aliphatic heterocycles. The molecule has 2 amide bonds. The summed E-state index contributed by atoms with van der Waals surface area (Å²) < 4.78 is 16.7. The molecule has 1 aromatic heterocycles. The third-order valence-corrected chi connectivity index (χ3v) is 4.61. The Balaban J connectivity index is 1.81. The van der Waals surface area contributed by atoms with Crippen molar-refractivity contribution in [2.24, 2.45) is 0 Å². The molecule has 0 radical (unpaired) electrons. The predicted octanol–water partition coefficient (Wildman–Crippen LogP) is 1.48. The lowest BCUT2D eigenvalue weighted by Gasteiger charge is -2.15. The van der Waals surface area contributed by atoms with Crippen LogP contribution in [0.5, 0.6) is 0 Å². The summed E-state index contributed by atoms with van der Waals surface area (Å²) >= 11 is 0.992. The van der Waals surface area contributed by atoms with Crippen molar-refractivity contribution in [3.63, 3.8) is 0 Å². The molecule has 1 atom stereocenters. The van der Waals surface area contributed by atoms with E-state index >= 15 is 0 Å². The van der Waals surface area contributed by atoms with Gasteiger partial charge in [-0.1, -0.05) is 16.6 Å². The summed E-state index contributed by atoms with van der Waals surface area (Å²) in [5, 5.41) is 18.1. The van der Waals surface area contributed by atoms with Crippen molar-refractivity contribution >= 4 is 29.3 Å². The van der Waals surface area contributed by atoms with E-state index in [1.807, 2.05) is 0 Å². The molecule has 144 valence electrons. The molecule has 2 aromatic rings. The number of nitrogens with zero attached hydrogens (tertiary/aromatic N) is 2. The fraction of sp³-hybridized carbons (Fsp3) is 0.353. The van der Waals surface area contributed by atoms with E-state index in [0.29, 0.717) is 16.1 Å². The summed E-state index contributed by atoms with van der Waals surface area (Å²) in [6, 6.07) is 5.41. The molecule has 1 aromatic carbocycles. The van der Waals surface area contributed by atoms with Gasteiger partial charge in [0.25, 0.3) is 5.91 Å². The molecule has 1 heterocycles. The number of benzene rings is 1. The van der Waals surface area contributed by atoms with E-state index in [-0.39, 0.29) is 37.7 Å². The number of aryl methyl sites for hydroxylation is 1. The predicted molar refractivity (Wildman–Crippen MR) is 96.0 cm³/mol. The molecule has 27 heavy (non-hydrogen) atoms. The van der Waals surface area contributed by atoms with Crippen LogP contribution in [-0.4, -0.2) is 45.6 Å². The Morgan fingerprint density at radius 3 is 2.41 bits per heavy atom. The molecule has 0 spiro atoms. The molecule has 0 aliphatic rings. The largest absolute Gasteiger partial charge is 0.481 e. The topological polar surface area (TPSA) is 121 Å². The van der Waals surface area contributed by atoms with E-state index in [1.165, 1.54) is 24.3 Å². The average Bonchev–Trinajstić information content (AvgIpc) is 3.04. The second-order valence-corrected chi connectivity index (χ2v) is 6.60. The monoisotopic (exact) mass is 394 g/mol. The van der Waals surface area contributed by atoms with Crippen molar-refractivity contribution in [3.8, 4) is 0 Å². The summed E-state index contributed by atoms with van der Waals surface area (Å²) in [5.41, 5.74) is 1.12. The van der Waals surface area contributed by atoms with Crippen LogP contribution in [-0.2, 0) is 9.59 Å². The van der Waals surface area contributed by atoms with E-state index in [1.54, 1.807) is 6.92 Å². The van der Waals surface area contributed by atoms with Gasteiger partial charge in [0, 0.05) is 25.4 Å². The molecule has 2 rings (SSSR count). The quantitative estimate of drug-likeness (QED) is 0.554. The van der Waals surface area contributed by atoms with Gasteiger partial charge in [-0.2, -0.15) is 0 Å². The molecule has 0 bridgehead atoms. The van der Waals surface area contributed by atoms with E-state index in [9.17, 15) is 18.8 Å². The van der Waals surface area contributed by atoms with Gasteiger partial charge in [0.15, 0.2) is 0 Å². The lowest BCUT2D eigenvalue weighted by Crippen LogP contribution is -2.35. The molecule has 1 unspecified atom stereocenters. The molecule has 0 fully saturated rings. The number of rotatable bonds is 9. The summed E-state index contributed by atoms with van der Waals surface area (Å²) in [6.07, 6.45) is -0.294. The lowest BCUT2D eigenvalue weighted by atomic mass is 9.92. The van der Waals surface area contributed by atoms with Crippen LogP contribution >= 0.6 is 11.5 Å². The Morgan fingerprint density at radius 2 is 1.81 bits per heavy atom. The minimum atomic E-state index is -1.04. The molecule has 0 aliphatic carbocycles. The standard InChI is InChI=1S/C17H19FN4O4S/c1-10-16(27-22-21-10)17(26)20-7-6-19-14(23)8-12(9-15(24)25)11-2-4-13(18)5-3-11/h2-5,12H,6-9H2,1H3,(H,19,23)(H,20,26)(H,24,25). The SMILES string of the molecule is Cc1nnsc1C(=O)NCCNC(=O)CC(CC(=O)O)c1ccc(F)cc1. The minimum absolute atomic E-state index is 0.0518. The zero-order chi connectivity index (χ0) is 19.8. The van der Waals surface area contributed by atoms with E-state index in [4.69, 9.17) is 5.11 Å². The average molecular weight is 394 g/mol. The first-order valence-corrected chi connectivity index (χ1v) is 8.95. The molecule has 0 saturated heterocycles. The normalized spacial score (nSPS) is 11.6. The number of hydrogen-bond acceptors (Lipinski definition) is 6. The third-order valence-electron chi connectivity index (χ3n) is 3.78. The zero-order valence-electron chi connectivity index (χ0n) is 14.6. The second kappa shape index (κ2) is 9.72. The van der Waals surface area contributed by atoms with Crippen LogP contribution in [0.2, 0.25) is 0 Å². The Kier molecular flexibility index (Phi) is 7.35. The van der Waals surface area contributed by atoms with Gasteiger partial charge in [-0.3, -0.25) is 14.4 Å². The van der Waals surface area contributed by atoms with Crippen molar-refractivity contribution < 1.29 is 23.9 Å². The first kappa shape index (κ1) is 20.4. The van der Waals surface area contributed by atoms with E-state index in [0.717, 1.165) is 11.5 Å². The van der Waals surface area contributed by atoms with Crippen LogP contribution < -0.4 is 10.6 Å². The lowest BCUT2D eigenvalue weighted by molar-refractivity contribution is -0.137. The van der Waals surface area contributed by atoms with Crippen molar-refractivity contribution in [2.45, 2.75) is 25.7 Å². The number of aliphatic carboxylic acids is 1. The highest BCUT2D eigenvalue weighted by molar-refractivity contribution is 7.07. The van der Waals surface area contributed by atoms with Gasteiger partial charge in [-0.25, -0.2) is 4.39 Å². The fourth-order valence-corrected chi connectivity index (χ4v) is 3.02. The van der Waals surface area contributed by atoms with Crippen LogP contribution in [0.15, 0.2) is 24.3 Å². The summed E-state index contributed by atoms with van der Waals surface area (Å²) in [7, 11) is 0. The highest BCUT2D eigenvalue weighted by Gasteiger charge is 2.19. The second-order valence-electron chi connectivity index (χ2n) is 5.84. The van der Waals surface area contributed by atoms with Gasteiger partial charge in [-0.15, -0.1) is 5.10 Å². The molecule has 8 nitrogen and oxygen atoms in total. The first-order valence-electron chi connectivity index (χ1n) is 8.18. The zero-order valence-corrected chi connectivity index (χ0v) is 15.4. The summed E-state index contributed by atoms with van der Waals surface area (Å²) in [4.78, 5) is 35.4. The number of nitrogens with one attached hydrogen (secondary N) is 2. The Labute approximate surface area is 159 Å². The maximum absolute atomic E-state index is 13.0. The number of carbonyl (C=O) groups excluding carboxylic acids is 2. The molecule has 0 saturated carbocycles. The van der Waals surface area contributed by atoms with Gasteiger partial charge in [0.1, 0.15) is 10.7 Å². The van der Waals surface area contributed by atoms with Crippen molar-refractivity contribution in [1.29, 1.82) is 0 Å². The molecular weight excluding hydrogens is 375 g/mol. The first-order chi connectivity index (χ1) is 12.9.